The van der Waals surface area contributed by atoms with E-state index in [1.165, 1.54) is 64.0 Å². The smallest absolute Gasteiger partial charge is 0.00959 e. The minimum absolute atomic E-state index is 0.0671. The first kappa shape index (κ1) is 28.4. The fourth-order valence-corrected chi connectivity index (χ4v) is 5.87. The van der Waals surface area contributed by atoms with E-state index in [1.807, 2.05) is 0 Å². The first-order valence-electron chi connectivity index (χ1n) is 15.0. The summed E-state index contributed by atoms with van der Waals surface area (Å²) in [5.74, 6) is 0. The maximum atomic E-state index is 2.47. The lowest BCUT2D eigenvalue weighted by molar-refractivity contribution is 0.587. The lowest BCUT2D eigenvalue weighted by Crippen LogP contribution is -2.13. The van der Waals surface area contributed by atoms with E-state index in [2.05, 4.69) is 156 Å². The summed E-state index contributed by atoms with van der Waals surface area (Å²) in [4.78, 5) is 0. The predicted octanol–water partition coefficient (Wildman–Crippen LogP) is 10.3. The van der Waals surface area contributed by atoms with Crippen LogP contribution < -0.4 is 0 Å². The highest BCUT2D eigenvalue weighted by molar-refractivity contribution is 5.39. The molecule has 4 aromatic rings. The van der Waals surface area contributed by atoms with Gasteiger partial charge in [-0.2, -0.15) is 0 Å². The van der Waals surface area contributed by atoms with Crippen molar-refractivity contribution < 1.29 is 0 Å². The quantitative estimate of drug-likeness (QED) is 0.187. The molecule has 208 valence electrons. The molecule has 0 nitrogen and oxygen atoms in total. The molecule has 0 heterocycles. The monoisotopic (exact) mass is 528 g/mol. The van der Waals surface area contributed by atoms with E-state index < -0.39 is 0 Å². The van der Waals surface area contributed by atoms with Crippen LogP contribution in [0.3, 0.4) is 0 Å². The third kappa shape index (κ3) is 5.07. The summed E-state index contributed by atoms with van der Waals surface area (Å²) >= 11 is 0. The highest BCUT2D eigenvalue weighted by atomic mass is 14.2. The van der Waals surface area contributed by atoms with Crippen molar-refractivity contribution in [3.63, 3.8) is 0 Å². The van der Waals surface area contributed by atoms with Crippen LogP contribution in [-0.4, -0.2) is 0 Å². The van der Waals surface area contributed by atoms with Crippen LogP contribution in [0.15, 0.2) is 72.8 Å². The van der Waals surface area contributed by atoms with Crippen LogP contribution in [0, 0.1) is 41.7 Å². The van der Waals surface area contributed by atoms with Gasteiger partial charge in [-0.25, -0.2) is 0 Å². The van der Waals surface area contributed by atoms with Crippen LogP contribution in [0.25, 0.3) is 0 Å². The summed E-state index contributed by atoms with van der Waals surface area (Å²) in [7, 11) is 0. The Hall–Kier alpha value is -3.12. The van der Waals surface area contributed by atoms with Crippen molar-refractivity contribution in [2.75, 3.05) is 0 Å². The van der Waals surface area contributed by atoms with Crippen LogP contribution in [0.4, 0.5) is 0 Å². The van der Waals surface area contributed by atoms with E-state index in [1.54, 1.807) is 0 Å². The maximum Gasteiger partial charge on any atom is -0.00959 e. The van der Waals surface area contributed by atoms with E-state index in [-0.39, 0.29) is 21.7 Å². The molecule has 0 N–H and O–H groups in total. The molecule has 0 radical (unpaired) electrons. The van der Waals surface area contributed by atoms with Crippen LogP contribution in [0.5, 0.6) is 0 Å². The third-order valence-electron chi connectivity index (χ3n) is 8.70. The Morgan fingerprint density at radius 2 is 0.425 bits per heavy atom. The molecular formula is C40H48. The summed E-state index contributed by atoms with van der Waals surface area (Å²) in [6.45, 7) is 27.8. The Kier molecular flexibility index (Phi) is 6.53. The van der Waals surface area contributed by atoms with Crippen molar-refractivity contribution in [1.82, 2.24) is 0 Å². The molecule has 5 rings (SSSR count). The van der Waals surface area contributed by atoms with Crippen LogP contribution in [0.1, 0.15) is 105 Å². The van der Waals surface area contributed by atoms with Crippen molar-refractivity contribution in [2.45, 2.75) is 105 Å². The normalized spacial score (nSPS) is 17.1. The second-order valence-corrected chi connectivity index (χ2v) is 16.0. The van der Waals surface area contributed by atoms with Gasteiger partial charge in [0, 0.05) is 0 Å². The number of hydrogen-bond donors (Lipinski definition) is 0. The van der Waals surface area contributed by atoms with Gasteiger partial charge in [-0.3, -0.25) is 0 Å². The Labute approximate surface area is 241 Å². The molecule has 0 aliphatic heterocycles. The highest BCUT2D eigenvalue weighted by Gasteiger charge is 2.19. The minimum Gasteiger partial charge on any atom is -0.0578 e. The van der Waals surface area contributed by atoms with Gasteiger partial charge >= 0.3 is 0 Å². The number of benzene rings is 4. The molecule has 1 aliphatic rings. The maximum absolute atomic E-state index is 2.47. The van der Waals surface area contributed by atoms with Gasteiger partial charge < -0.3 is 0 Å². The average Bonchev–Trinajstić information content (AvgIpc) is 2.84. The summed E-state index contributed by atoms with van der Waals surface area (Å²) in [6, 6.07) is 28.8. The van der Waals surface area contributed by atoms with Crippen molar-refractivity contribution in [1.29, 1.82) is 0 Å². The molecule has 40 heavy (non-hydrogen) atoms. The molecule has 0 fully saturated rings. The zero-order valence-electron chi connectivity index (χ0n) is 26.9. The van der Waals surface area contributed by atoms with Gasteiger partial charge in [0.05, 0.1) is 0 Å². The molecule has 0 unspecified atom stereocenters. The summed E-state index contributed by atoms with van der Waals surface area (Å²) in [5.41, 5.74) is 5.75. The van der Waals surface area contributed by atoms with E-state index in [0.717, 1.165) is 0 Å². The first-order valence-corrected chi connectivity index (χ1v) is 15.0. The number of rotatable bonds is 0. The molecule has 0 amide bonds. The molecule has 0 atom stereocenters. The zero-order valence-corrected chi connectivity index (χ0v) is 26.9. The van der Waals surface area contributed by atoms with Gasteiger partial charge in [0.15, 0.2) is 0 Å². The van der Waals surface area contributed by atoms with Crippen molar-refractivity contribution in [3.05, 3.63) is 137 Å². The molecule has 0 aromatic heterocycles. The van der Waals surface area contributed by atoms with E-state index in [0.29, 0.717) is 0 Å². The summed E-state index contributed by atoms with van der Waals surface area (Å²) < 4.78 is 0. The minimum atomic E-state index is 0.0671. The van der Waals surface area contributed by atoms with Crippen LogP contribution >= 0.6 is 0 Å². The Bertz CT molecular complexity index is 1720. The Morgan fingerprint density at radius 3 is 0.575 bits per heavy atom. The summed E-state index contributed by atoms with van der Waals surface area (Å²) in [6.07, 6.45) is 0. The molecule has 0 saturated carbocycles. The van der Waals surface area contributed by atoms with E-state index in [4.69, 9.17) is 0 Å². The Balaban J connectivity index is 2.27. The van der Waals surface area contributed by atoms with Gasteiger partial charge in [0.2, 0.25) is 0 Å². The predicted molar refractivity (Wildman–Crippen MR) is 171 cm³/mol. The lowest BCUT2D eigenvalue weighted by Gasteiger charge is -2.22. The van der Waals surface area contributed by atoms with Gasteiger partial charge in [0.1, 0.15) is 0 Å². The Morgan fingerprint density at radius 1 is 0.250 bits per heavy atom. The van der Waals surface area contributed by atoms with Gasteiger partial charge in [0.25, 0.3) is 0 Å². The number of fused-ring (bicyclic) bond motifs is 4. The van der Waals surface area contributed by atoms with Crippen molar-refractivity contribution in [2.24, 2.45) is 0 Å². The van der Waals surface area contributed by atoms with Gasteiger partial charge in [-0.05, 0) is 110 Å². The van der Waals surface area contributed by atoms with Gasteiger partial charge in [-0.1, -0.05) is 132 Å². The molecule has 0 saturated heterocycles. The SMILES string of the molecule is CC(C)(C)c1ccc2/c(c1)=c1\cc(C(C)(C)C)cc\c1=c1/ccc(C(C)(C)C)c/c1=c1/cc(C(C)(C)C)cc/c1=2. The standard InChI is InChI=1S/C40H48/c1-37(2,3)25-13-17-29-30-18-14-27(39(7,8)9)23-35(30)36-24-28(40(10,11)12)16-20-32(36)31-19-15-26(38(4,5)6)22-34(31)33(29)21-25/h13-24H,1-12H3/b30-29-,32-31-,34-33+,36-35+. The lowest BCUT2D eigenvalue weighted by atomic mass is 9.83. The molecular weight excluding hydrogens is 480 g/mol. The van der Waals surface area contributed by atoms with Crippen LogP contribution in [-0.2, 0) is 21.7 Å². The van der Waals surface area contributed by atoms with Crippen molar-refractivity contribution >= 4 is 0 Å². The average molecular weight is 529 g/mol. The largest absolute Gasteiger partial charge is 0.0578 e. The fourth-order valence-electron chi connectivity index (χ4n) is 5.87. The van der Waals surface area contributed by atoms with Gasteiger partial charge in [-0.15, -0.1) is 0 Å². The zero-order chi connectivity index (χ0) is 29.4. The van der Waals surface area contributed by atoms with E-state index >= 15 is 0 Å². The molecule has 0 heteroatoms. The topological polar surface area (TPSA) is 0 Å². The molecule has 0 bridgehead atoms. The first-order chi connectivity index (χ1) is 18.4. The number of hydrogen-bond acceptors (Lipinski definition) is 0. The molecule has 0 spiro atoms. The third-order valence-corrected chi connectivity index (χ3v) is 8.70. The second-order valence-electron chi connectivity index (χ2n) is 16.0. The summed E-state index contributed by atoms with van der Waals surface area (Å²) in [5, 5.41) is 10.6. The van der Waals surface area contributed by atoms with E-state index in [9.17, 15) is 0 Å². The van der Waals surface area contributed by atoms with Crippen molar-refractivity contribution in [3.8, 4) is 0 Å². The van der Waals surface area contributed by atoms with Crippen LogP contribution in [0.2, 0.25) is 0 Å². The fraction of sp³-hybridized carbons (Fsp3) is 0.400. The highest BCUT2D eigenvalue weighted by Crippen LogP contribution is 2.29. The molecule has 4 aromatic carbocycles. The molecule has 1 aliphatic carbocycles. The second kappa shape index (κ2) is 9.20.